The molecule has 1 saturated heterocycles. The van der Waals surface area contributed by atoms with E-state index in [-0.39, 0.29) is 5.82 Å². The van der Waals surface area contributed by atoms with Crippen LogP contribution in [0, 0.1) is 5.82 Å². The van der Waals surface area contributed by atoms with Gasteiger partial charge in [-0.25, -0.2) is 14.4 Å². The fraction of sp³-hybridized carbons (Fsp3) is 0.273. The summed E-state index contributed by atoms with van der Waals surface area (Å²) in [5.41, 5.74) is 8.78. The summed E-state index contributed by atoms with van der Waals surface area (Å²) in [5.74, 6) is 0.369. The molecule has 1 fully saturated rings. The van der Waals surface area contributed by atoms with Crippen LogP contribution < -0.4 is 0 Å². The van der Waals surface area contributed by atoms with Gasteiger partial charge < -0.3 is 9.88 Å². The number of aromatic amines is 2. The van der Waals surface area contributed by atoms with Crippen LogP contribution in [0.3, 0.4) is 0 Å². The molecule has 212 valence electrons. The van der Waals surface area contributed by atoms with Gasteiger partial charge in [-0.15, -0.1) is 0 Å². The lowest BCUT2D eigenvalue weighted by molar-refractivity contribution is 0.220. The molecule has 0 aliphatic carbocycles. The van der Waals surface area contributed by atoms with Gasteiger partial charge in [-0.1, -0.05) is 18.6 Å². The number of imidazole rings is 1. The van der Waals surface area contributed by atoms with E-state index in [1.54, 1.807) is 12.1 Å². The van der Waals surface area contributed by atoms with Crippen LogP contribution in [-0.2, 0) is 13.1 Å². The summed E-state index contributed by atoms with van der Waals surface area (Å²) < 4.78 is 14.6. The molecule has 1 aliphatic heterocycles. The van der Waals surface area contributed by atoms with Gasteiger partial charge in [-0.3, -0.25) is 15.0 Å². The molecule has 0 bridgehead atoms. The van der Waals surface area contributed by atoms with Crippen LogP contribution in [0.25, 0.3) is 55.8 Å². The van der Waals surface area contributed by atoms with Crippen LogP contribution in [0.5, 0.6) is 0 Å². The predicted molar refractivity (Wildman–Crippen MR) is 164 cm³/mol. The highest BCUT2D eigenvalue weighted by Crippen LogP contribution is 2.33. The van der Waals surface area contributed by atoms with Crippen molar-refractivity contribution in [2.45, 2.75) is 32.4 Å². The van der Waals surface area contributed by atoms with E-state index in [1.807, 2.05) is 61.9 Å². The number of hydrogen-bond acceptors (Lipinski definition) is 6. The standard InChI is InChI=1S/C33H33FN8/c1-41(2)19-21-11-23(14-26(34)13-21)27-7-6-8-29-30(27)38-33(37-29)31-28-15-25(18-36-32(28)40-39-31)24-12-22(16-35-17-24)20-42-9-4-3-5-10-42/h6-8,11-18H,3-5,9-10,19-20H2,1-2H3,(H,37,38)(H,36,39,40). The van der Waals surface area contributed by atoms with Gasteiger partial charge in [0.15, 0.2) is 11.5 Å². The third-order valence-corrected chi connectivity index (χ3v) is 7.90. The minimum atomic E-state index is -0.261. The molecular formula is C33H33FN8. The summed E-state index contributed by atoms with van der Waals surface area (Å²) in [7, 11) is 3.95. The highest BCUT2D eigenvalue weighted by molar-refractivity contribution is 5.97. The number of H-pyrrole nitrogens is 2. The minimum absolute atomic E-state index is 0.261. The molecule has 1 aliphatic rings. The molecule has 0 spiro atoms. The number of halogens is 1. The Labute approximate surface area is 243 Å². The first-order valence-corrected chi connectivity index (χ1v) is 14.4. The zero-order chi connectivity index (χ0) is 28.6. The van der Waals surface area contributed by atoms with Crippen molar-refractivity contribution in [2.75, 3.05) is 27.2 Å². The SMILES string of the molecule is CN(C)Cc1cc(F)cc(-c2cccc3[nH]c(-c4n[nH]c5ncc(-c6cncc(CN7CCCCC7)c6)cc45)nc23)c1. The van der Waals surface area contributed by atoms with Crippen LogP contribution in [0.15, 0.2) is 67.1 Å². The maximum absolute atomic E-state index is 14.6. The molecule has 4 aromatic heterocycles. The van der Waals surface area contributed by atoms with Crippen LogP contribution >= 0.6 is 0 Å². The number of hydrogen-bond donors (Lipinski definition) is 2. The van der Waals surface area contributed by atoms with Crippen LogP contribution in [0.1, 0.15) is 30.4 Å². The number of aromatic nitrogens is 6. The molecule has 7 rings (SSSR count). The van der Waals surface area contributed by atoms with E-state index in [0.717, 1.165) is 63.9 Å². The Morgan fingerprint density at radius 3 is 2.60 bits per heavy atom. The number of fused-ring (bicyclic) bond motifs is 2. The molecule has 8 nitrogen and oxygen atoms in total. The molecular weight excluding hydrogens is 527 g/mol. The lowest BCUT2D eigenvalue weighted by atomic mass is 10.0. The largest absolute Gasteiger partial charge is 0.337 e. The molecule has 0 atom stereocenters. The van der Waals surface area contributed by atoms with E-state index in [4.69, 9.17) is 4.98 Å². The van der Waals surface area contributed by atoms with Gasteiger partial charge in [-0.05, 0) is 93.1 Å². The van der Waals surface area contributed by atoms with E-state index in [0.29, 0.717) is 23.7 Å². The van der Waals surface area contributed by atoms with Gasteiger partial charge >= 0.3 is 0 Å². The van der Waals surface area contributed by atoms with E-state index < -0.39 is 0 Å². The number of likely N-dealkylation sites (tertiary alicyclic amines) is 1. The topological polar surface area (TPSA) is 89.6 Å². The Hall–Kier alpha value is -4.47. The van der Waals surface area contributed by atoms with Crippen molar-refractivity contribution in [3.8, 4) is 33.8 Å². The van der Waals surface area contributed by atoms with Crippen molar-refractivity contribution >= 4 is 22.1 Å². The Morgan fingerprint density at radius 2 is 1.74 bits per heavy atom. The molecule has 6 aromatic rings. The number of rotatable bonds is 7. The van der Waals surface area contributed by atoms with Gasteiger partial charge in [0.05, 0.1) is 16.4 Å². The third kappa shape index (κ3) is 5.29. The van der Waals surface area contributed by atoms with Crippen molar-refractivity contribution < 1.29 is 4.39 Å². The first-order valence-electron chi connectivity index (χ1n) is 14.4. The maximum atomic E-state index is 14.6. The molecule has 0 unspecified atom stereocenters. The van der Waals surface area contributed by atoms with Crippen LogP contribution in [0.2, 0.25) is 0 Å². The van der Waals surface area contributed by atoms with Gasteiger partial charge in [0.2, 0.25) is 0 Å². The lowest BCUT2D eigenvalue weighted by Crippen LogP contribution is -2.29. The second-order valence-corrected chi connectivity index (χ2v) is 11.5. The Bertz CT molecular complexity index is 1880. The zero-order valence-electron chi connectivity index (χ0n) is 23.9. The summed E-state index contributed by atoms with van der Waals surface area (Å²) >= 11 is 0. The number of piperidine rings is 1. The quantitative estimate of drug-likeness (QED) is 0.234. The van der Waals surface area contributed by atoms with E-state index in [1.165, 1.54) is 24.8 Å². The molecule has 0 amide bonds. The normalized spacial score (nSPS) is 14.4. The summed E-state index contributed by atoms with van der Waals surface area (Å²) in [6.45, 7) is 3.85. The van der Waals surface area contributed by atoms with Gasteiger partial charge in [-0.2, -0.15) is 5.10 Å². The second kappa shape index (κ2) is 11.1. The summed E-state index contributed by atoms with van der Waals surface area (Å²) in [6, 6.07) is 15.4. The smallest absolute Gasteiger partial charge is 0.159 e. The van der Waals surface area contributed by atoms with E-state index in [2.05, 4.69) is 42.2 Å². The Kier molecular flexibility index (Phi) is 6.97. The molecule has 2 N–H and O–H groups in total. The molecule has 9 heteroatoms. The Balaban J connectivity index is 1.25. The van der Waals surface area contributed by atoms with Crippen molar-refractivity contribution in [3.63, 3.8) is 0 Å². The van der Waals surface area contributed by atoms with Crippen LogP contribution in [-0.4, -0.2) is 67.1 Å². The van der Waals surface area contributed by atoms with Crippen LogP contribution in [0.4, 0.5) is 4.39 Å². The minimum Gasteiger partial charge on any atom is -0.337 e. The average Bonchev–Trinajstić information content (AvgIpc) is 3.61. The fourth-order valence-corrected chi connectivity index (χ4v) is 5.99. The second-order valence-electron chi connectivity index (χ2n) is 11.5. The van der Waals surface area contributed by atoms with Gasteiger partial charge in [0.25, 0.3) is 0 Å². The molecule has 5 heterocycles. The third-order valence-electron chi connectivity index (χ3n) is 7.90. The summed E-state index contributed by atoms with van der Waals surface area (Å²) in [4.78, 5) is 22.1. The highest BCUT2D eigenvalue weighted by Gasteiger charge is 2.18. The highest BCUT2D eigenvalue weighted by atomic mass is 19.1. The van der Waals surface area contributed by atoms with Crippen molar-refractivity contribution in [1.82, 2.24) is 39.9 Å². The van der Waals surface area contributed by atoms with E-state index in [9.17, 15) is 4.39 Å². The van der Waals surface area contributed by atoms with Gasteiger partial charge in [0.1, 0.15) is 11.5 Å². The summed E-state index contributed by atoms with van der Waals surface area (Å²) in [5, 5.41) is 8.51. The lowest BCUT2D eigenvalue weighted by Gasteiger charge is -2.26. The fourth-order valence-electron chi connectivity index (χ4n) is 5.99. The molecule has 0 saturated carbocycles. The average molecular weight is 561 g/mol. The maximum Gasteiger partial charge on any atom is 0.159 e. The summed E-state index contributed by atoms with van der Waals surface area (Å²) in [6.07, 6.45) is 9.56. The molecule has 42 heavy (non-hydrogen) atoms. The number of nitrogens with one attached hydrogen (secondary N) is 2. The molecule has 0 radical (unpaired) electrons. The van der Waals surface area contributed by atoms with E-state index >= 15 is 0 Å². The zero-order valence-corrected chi connectivity index (χ0v) is 23.9. The number of benzene rings is 2. The first kappa shape index (κ1) is 26.4. The van der Waals surface area contributed by atoms with Crippen molar-refractivity contribution in [2.24, 2.45) is 0 Å². The number of nitrogens with zero attached hydrogens (tertiary/aromatic N) is 6. The van der Waals surface area contributed by atoms with Crippen molar-refractivity contribution in [3.05, 3.63) is 84.1 Å². The predicted octanol–water partition coefficient (Wildman–Crippen LogP) is 6.42. The monoisotopic (exact) mass is 560 g/mol. The Morgan fingerprint density at radius 1 is 0.905 bits per heavy atom. The van der Waals surface area contributed by atoms with Crippen molar-refractivity contribution in [1.29, 1.82) is 0 Å². The number of para-hydroxylation sites is 1. The number of pyridine rings is 2. The van der Waals surface area contributed by atoms with Gasteiger partial charge in [0, 0.05) is 48.4 Å². The molecule has 2 aromatic carbocycles. The first-order chi connectivity index (χ1) is 20.5.